The molecule has 5 rings (SSSR count). The van der Waals surface area contributed by atoms with Crippen LogP contribution in [0.15, 0.2) is 48.7 Å². The molecule has 1 atom stereocenters. The molecule has 7 heteroatoms. The molecule has 0 spiro atoms. The lowest BCUT2D eigenvalue weighted by atomic mass is 9.90. The minimum absolute atomic E-state index is 0.180. The monoisotopic (exact) mass is 495 g/mol. The molecule has 2 aromatic heterocycles. The first-order chi connectivity index (χ1) is 18.1. The van der Waals surface area contributed by atoms with E-state index in [1.165, 1.54) is 5.56 Å². The molecule has 0 bridgehead atoms. The van der Waals surface area contributed by atoms with E-state index in [0.717, 1.165) is 72.0 Å². The van der Waals surface area contributed by atoms with Crippen molar-refractivity contribution in [2.75, 3.05) is 7.11 Å². The van der Waals surface area contributed by atoms with Gasteiger partial charge >= 0.3 is 0 Å². The van der Waals surface area contributed by atoms with Gasteiger partial charge in [-0.25, -0.2) is 14.6 Å². The van der Waals surface area contributed by atoms with Crippen LogP contribution in [-0.2, 0) is 6.54 Å². The summed E-state index contributed by atoms with van der Waals surface area (Å²) in [6.45, 7) is 4.93. The molecule has 0 saturated carbocycles. The van der Waals surface area contributed by atoms with E-state index in [2.05, 4.69) is 29.0 Å². The number of unbranched alkanes of at least 4 members (excludes halogenated alkanes) is 1. The molecule has 1 aliphatic rings. The SMILES string of the molecule is CCCCC(=O)c1ccc(C2CCCn3nc(/C=C/c4ccc(-c5nc(C)c[nH]5)c(OC)c4)nc32)cc1. The van der Waals surface area contributed by atoms with Gasteiger partial charge in [-0.15, -0.1) is 0 Å². The molecule has 0 saturated heterocycles. The van der Waals surface area contributed by atoms with Gasteiger partial charge < -0.3 is 9.72 Å². The number of nitrogens with zero attached hydrogens (tertiary/aromatic N) is 4. The van der Waals surface area contributed by atoms with Gasteiger partial charge in [-0.3, -0.25) is 4.79 Å². The standard InChI is InChI=1S/C30H33N5O2/c1-4-5-8-26(36)23-13-11-22(12-14-23)24-7-6-17-35-30(24)33-28(34-35)16-10-21-9-15-25(27(18-21)37-3)29-31-19-20(2)32-29/h9-16,18-19,24H,4-8,17H2,1-3H3,(H,31,32)/b16-10+. The van der Waals surface area contributed by atoms with E-state index in [9.17, 15) is 4.79 Å². The van der Waals surface area contributed by atoms with E-state index < -0.39 is 0 Å². The molecule has 1 N–H and O–H groups in total. The van der Waals surface area contributed by atoms with E-state index in [-0.39, 0.29) is 11.7 Å². The summed E-state index contributed by atoms with van der Waals surface area (Å²) in [7, 11) is 1.67. The summed E-state index contributed by atoms with van der Waals surface area (Å²) in [4.78, 5) is 25.0. The molecule has 4 aromatic rings. The predicted molar refractivity (Wildman–Crippen MR) is 146 cm³/mol. The van der Waals surface area contributed by atoms with Crippen LogP contribution in [-0.4, -0.2) is 37.6 Å². The minimum Gasteiger partial charge on any atom is -0.496 e. The number of hydrogen-bond acceptors (Lipinski definition) is 5. The van der Waals surface area contributed by atoms with Crippen LogP contribution < -0.4 is 4.74 Å². The molecule has 1 unspecified atom stereocenters. The van der Waals surface area contributed by atoms with Crippen LogP contribution in [0.2, 0.25) is 0 Å². The molecular weight excluding hydrogens is 462 g/mol. The molecule has 0 radical (unpaired) electrons. The number of ketones is 1. The second-order valence-electron chi connectivity index (χ2n) is 9.58. The number of fused-ring (bicyclic) bond motifs is 1. The maximum atomic E-state index is 12.4. The Bertz CT molecular complexity index is 1410. The Morgan fingerprint density at radius 3 is 2.73 bits per heavy atom. The van der Waals surface area contributed by atoms with Gasteiger partial charge in [0, 0.05) is 30.6 Å². The van der Waals surface area contributed by atoms with Gasteiger partial charge in [0.05, 0.1) is 18.4 Å². The highest BCUT2D eigenvalue weighted by Gasteiger charge is 2.25. The lowest BCUT2D eigenvalue weighted by Crippen LogP contribution is -2.18. The van der Waals surface area contributed by atoms with Gasteiger partial charge in [0.1, 0.15) is 17.4 Å². The zero-order chi connectivity index (χ0) is 25.8. The highest BCUT2D eigenvalue weighted by Crippen LogP contribution is 2.33. The van der Waals surface area contributed by atoms with E-state index in [1.807, 2.05) is 60.3 Å². The largest absolute Gasteiger partial charge is 0.496 e. The maximum Gasteiger partial charge on any atom is 0.174 e. The van der Waals surface area contributed by atoms with Crippen LogP contribution in [0.5, 0.6) is 5.75 Å². The normalized spacial score (nSPS) is 15.2. The lowest BCUT2D eigenvalue weighted by molar-refractivity contribution is 0.0979. The number of ether oxygens (including phenoxy) is 1. The number of rotatable bonds is 9. The Morgan fingerprint density at radius 2 is 2.00 bits per heavy atom. The number of carbonyl (C=O) groups is 1. The molecule has 37 heavy (non-hydrogen) atoms. The number of Topliss-reactive ketones (excluding diaryl/α,β-unsaturated/α-hetero) is 1. The van der Waals surface area contributed by atoms with Crippen molar-refractivity contribution in [3.63, 3.8) is 0 Å². The Balaban J connectivity index is 1.34. The van der Waals surface area contributed by atoms with Crippen molar-refractivity contribution in [3.8, 4) is 17.1 Å². The van der Waals surface area contributed by atoms with E-state index >= 15 is 0 Å². The van der Waals surface area contributed by atoms with Crippen LogP contribution >= 0.6 is 0 Å². The van der Waals surface area contributed by atoms with Crippen molar-refractivity contribution in [3.05, 3.63) is 82.7 Å². The van der Waals surface area contributed by atoms with Gasteiger partial charge in [0.2, 0.25) is 0 Å². The highest BCUT2D eigenvalue weighted by molar-refractivity contribution is 5.96. The fraction of sp³-hybridized carbons (Fsp3) is 0.333. The Labute approximate surface area is 217 Å². The zero-order valence-electron chi connectivity index (χ0n) is 21.7. The van der Waals surface area contributed by atoms with Gasteiger partial charge in [-0.1, -0.05) is 49.8 Å². The van der Waals surface area contributed by atoms with Crippen LogP contribution in [0.4, 0.5) is 0 Å². The molecule has 0 fully saturated rings. The lowest BCUT2D eigenvalue weighted by Gasteiger charge is -2.22. The molecule has 7 nitrogen and oxygen atoms in total. The Morgan fingerprint density at radius 1 is 1.16 bits per heavy atom. The van der Waals surface area contributed by atoms with E-state index in [4.69, 9.17) is 14.8 Å². The predicted octanol–water partition coefficient (Wildman–Crippen LogP) is 6.45. The molecular formula is C30H33N5O2. The van der Waals surface area contributed by atoms with Crippen molar-refractivity contribution in [1.82, 2.24) is 24.7 Å². The van der Waals surface area contributed by atoms with Crippen LogP contribution in [0.1, 0.15) is 83.8 Å². The van der Waals surface area contributed by atoms with Gasteiger partial charge in [0.15, 0.2) is 11.6 Å². The average Bonchev–Trinajstić information content (AvgIpc) is 3.56. The summed E-state index contributed by atoms with van der Waals surface area (Å²) < 4.78 is 7.65. The van der Waals surface area contributed by atoms with Crippen LogP contribution in [0, 0.1) is 6.92 Å². The van der Waals surface area contributed by atoms with Gasteiger partial charge in [0.25, 0.3) is 0 Å². The second kappa shape index (κ2) is 10.9. The number of aromatic nitrogens is 5. The smallest absolute Gasteiger partial charge is 0.174 e. The number of benzene rings is 2. The average molecular weight is 496 g/mol. The number of imidazole rings is 1. The van der Waals surface area contributed by atoms with Crippen molar-refractivity contribution in [2.24, 2.45) is 0 Å². The topological polar surface area (TPSA) is 85.7 Å². The highest BCUT2D eigenvalue weighted by atomic mass is 16.5. The maximum absolute atomic E-state index is 12.4. The molecule has 1 aliphatic heterocycles. The van der Waals surface area contributed by atoms with Crippen molar-refractivity contribution in [1.29, 1.82) is 0 Å². The zero-order valence-corrected chi connectivity index (χ0v) is 21.7. The summed E-state index contributed by atoms with van der Waals surface area (Å²) in [5.41, 5.74) is 4.83. The van der Waals surface area contributed by atoms with Crippen molar-refractivity contribution in [2.45, 2.75) is 58.4 Å². The minimum atomic E-state index is 0.180. The first-order valence-corrected chi connectivity index (χ1v) is 13.0. The summed E-state index contributed by atoms with van der Waals surface area (Å²) in [6, 6.07) is 14.1. The molecule has 0 aliphatic carbocycles. The third kappa shape index (κ3) is 5.40. The summed E-state index contributed by atoms with van der Waals surface area (Å²) in [5.74, 6) is 3.62. The second-order valence-corrected chi connectivity index (χ2v) is 9.58. The summed E-state index contributed by atoms with van der Waals surface area (Å²) in [6.07, 6.45) is 10.5. The first-order valence-electron chi connectivity index (χ1n) is 13.0. The summed E-state index contributed by atoms with van der Waals surface area (Å²) in [5, 5.41) is 4.75. The summed E-state index contributed by atoms with van der Waals surface area (Å²) >= 11 is 0. The molecule has 2 aromatic carbocycles. The molecule has 190 valence electrons. The fourth-order valence-electron chi connectivity index (χ4n) is 4.87. The first kappa shape index (κ1) is 24.7. The van der Waals surface area contributed by atoms with Crippen molar-refractivity contribution < 1.29 is 9.53 Å². The number of aryl methyl sites for hydroxylation is 2. The number of carbonyl (C=O) groups excluding carboxylic acids is 1. The van der Waals surface area contributed by atoms with Crippen molar-refractivity contribution >= 4 is 17.9 Å². The Kier molecular flexibility index (Phi) is 7.30. The van der Waals surface area contributed by atoms with E-state index in [0.29, 0.717) is 12.2 Å². The number of nitrogens with one attached hydrogen (secondary N) is 1. The van der Waals surface area contributed by atoms with Crippen LogP contribution in [0.3, 0.4) is 0 Å². The third-order valence-corrected chi connectivity index (χ3v) is 6.90. The third-order valence-electron chi connectivity index (χ3n) is 6.90. The molecule has 0 amide bonds. The van der Waals surface area contributed by atoms with E-state index in [1.54, 1.807) is 7.11 Å². The van der Waals surface area contributed by atoms with Gasteiger partial charge in [-0.2, -0.15) is 5.10 Å². The fourth-order valence-corrected chi connectivity index (χ4v) is 4.87. The number of aromatic amines is 1. The molecule has 3 heterocycles. The van der Waals surface area contributed by atoms with Gasteiger partial charge in [-0.05, 0) is 55.5 Å². The van der Waals surface area contributed by atoms with Crippen LogP contribution in [0.25, 0.3) is 23.5 Å². The quantitative estimate of drug-likeness (QED) is 0.270. The number of H-pyrrole nitrogens is 1. The number of methoxy groups -OCH3 is 1. The number of hydrogen-bond donors (Lipinski definition) is 1. The Hall–Kier alpha value is -4.00.